The Balaban J connectivity index is 1.22. The summed E-state index contributed by atoms with van der Waals surface area (Å²) in [6.45, 7) is 1.50. The summed E-state index contributed by atoms with van der Waals surface area (Å²) in [7, 11) is 0. The first-order valence-electron chi connectivity index (χ1n) is 10.2. The highest BCUT2D eigenvalue weighted by Gasteiger charge is 2.33. The van der Waals surface area contributed by atoms with Crippen LogP contribution in [0.25, 0.3) is 0 Å². The van der Waals surface area contributed by atoms with E-state index in [1.54, 1.807) is 6.33 Å². The van der Waals surface area contributed by atoms with Gasteiger partial charge in [-0.25, -0.2) is 9.97 Å². The summed E-state index contributed by atoms with van der Waals surface area (Å²) in [6, 6.07) is 2.35. The Labute approximate surface area is 155 Å². The van der Waals surface area contributed by atoms with E-state index >= 15 is 0 Å². The molecule has 1 amide bonds. The largest absolute Gasteiger partial charge is 0.391 e. The van der Waals surface area contributed by atoms with Gasteiger partial charge < -0.3 is 15.3 Å². The third kappa shape index (κ3) is 4.17. The number of hydrogen-bond acceptors (Lipinski definition) is 5. The molecule has 6 nitrogen and oxygen atoms in total. The van der Waals surface area contributed by atoms with Crippen LogP contribution in [0.4, 0.5) is 5.82 Å². The Morgan fingerprint density at radius 1 is 1.23 bits per heavy atom. The molecule has 1 atom stereocenters. The van der Waals surface area contributed by atoms with Crippen LogP contribution < -0.4 is 10.2 Å². The number of aliphatic hydroxyl groups is 1. The number of aliphatic hydroxyl groups excluding tert-OH is 1. The molecule has 4 rings (SSSR count). The number of nitrogens with zero attached hydrogens (tertiary/aromatic N) is 3. The standard InChI is InChI=1S/C20H30N4O2/c25-17-7-8-24(12-17)19-11-18(21-13-22-19)15-9-16(10-15)23-20(26)6-5-14-3-1-2-4-14/h11,13-17,25H,1-10,12H2,(H,23,26). The number of carbonyl (C=O) groups excluding carboxylic acids is 1. The molecule has 1 saturated heterocycles. The zero-order valence-electron chi connectivity index (χ0n) is 15.4. The SMILES string of the molecule is O=C(CCC1CCCC1)NC1CC(c2cc(N3CCC(O)C3)ncn2)C1. The highest BCUT2D eigenvalue weighted by atomic mass is 16.3. The molecule has 2 heterocycles. The zero-order valence-corrected chi connectivity index (χ0v) is 15.4. The monoisotopic (exact) mass is 358 g/mol. The normalized spacial score (nSPS) is 29.0. The number of anilines is 1. The fraction of sp³-hybridized carbons (Fsp3) is 0.750. The first-order valence-corrected chi connectivity index (χ1v) is 10.2. The maximum absolute atomic E-state index is 12.1. The minimum atomic E-state index is -0.249. The van der Waals surface area contributed by atoms with Gasteiger partial charge in [-0.3, -0.25) is 4.79 Å². The number of nitrogens with one attached hydrogen (secondary N) is 1. The van der Waals surface area contributed by atoms with Gasteiger partial charge in [-0.15, -0.1) is 0 Å². The van der Waals surface area contributed by atoms with Crippen molar-refractivity contribution in [2.24, 2.45) is 5.92 Å². The van der Waals surface area contributed by atoms with E-state index in [4.69, 9.17) is 0 Å². The average Bonchev–Trinajstić information content (AvgIpc) is 3.27. The van der Waals surface area contributed by atoms with Crippen LogP contribution in [-0.2, 0) is 4.79 Å². The molecule has 2 saturated carbocycles. The molecule has 0 aromatic carbocycles. The average molecular weight is 358 g/mol. The summed E-state index contributed by atoms with van der Waals surface area (Å²) >= 11 is 0. The molecule has 1 aromatic rings. The van der Waals surface area contributed by atoms with Crippen molar-refractivity contribution < 1.29 is 9.90 Å². The van der Waals surface area contributed by atoms with E-state index < -0.39 is 0 Å². The van der Waals surface area contributed by atoms with Crippen molar-refractivity contribution in [1.29, 1.82) is 0 Å². The maximum Gasteiger partial charge on any atom is 0.220 e. The van der Waals surface area contributed by atoms with Crippen LogP contribution in [0, 0.1) is 5.92 Å². The van der Waals surface area contributed by atoms with Gasteiger partial charge in [0, 0.05) is 43.2 Å². The molecule has 1 aliphatic heterocycles. The Bertz CT molecular complexity index is 626. The van der Waals surface area contributed by atoms with Crippen LogP contribution in [0.5, 0.6) is 0 Å². The minimum Gasteiger partial charge on any atom is -0.391 e. The topological polar surface area (TPSA) is 78.4 Å². The van der Waals surface area contributed by atoms with Crippen LogP contribution >= 0.6 is 0 Å². The van der Waals surface area contributed by atoms with Gasteiger partial charge in [-0.05, 0) is 31.6 Å². The highest BCUT2D eigenvalue weighted by Crippen LogP contribution is 2.37. The number of carbonyl (C=O) groups is 1. The Hall–Kier alpha value is -1.69. The molecule has 1 aromatic heterocycles. The summed E-state index contributed by atoms with van der Waals surface area (Å²) in [4.78, 5) is 23.1. The van der Waals surface area contributed by atoms with E-state index in [0.717, 1.165) is 49.7 Å². The van der Waals surface area contributed by atoms with Gasteiger partial charge in [-0.1, -0.05) is 25.7 Å². The Kier molecular flexibility index (Phi) is 5.38. The molecule has 26 heavy (non-hydrogen) atoms. The maximum atomic E-state index is 12.1. The van der Waals surface area contributed by atoms with Gasteiger partial charge in [0.2, 0.25) is 5.91 Å². The minimum absolute atomic E-state index is 0.217. The van der Waals surface area contributed by atoms with E-state index in [9.17, 15) is 9.90 Å². The van der Waals surface area contributed by atoms with E-state index in [2.05, 4.69) is 26.3 Å². The van der Waals surface area contributed by atoms with Crippen LogP contribution in [0.15, 0.2) is 12.4 Å². The van der Waals surface area contributed by atoms with E-state index in [1.807, 2.05) is 0 Å². The fourth-order valence-electron chi connectivity index (χ4n) is 4.62. The van der Waals surface area contributed by atoms with Gasteiger partial charge in [0.1, 0.15) is 12.1 Å². The number of amides is 1. The quantitative estimate of drug-likeness (QED) is 0.816. The molecule has 3 fully saturated rings. The predicted molar refractivity (Wildman–Crippen MR) is 100.0 cm³/mol. The zero-order chi connectivity index (χ0) is 17.9. The molecular weight excluding hydrogens is 328 g/mol. The number of hydrogen-bond donors (Lipinski definition) is 2. The lowest BCUT2D eigenvalue weighted by atomic mass is 9.78. The third-order valence-electron chi connectivity index (χ3n) is 6.34. The van der Waals surface area contributed by atoms with E-state index in [-0.39, 0.29) is 12.0 Å². The lowest BCUT2D eigenvalue weighted by molar-refractivity contribution is -0.122. The van der Waals surface area contributed by atoms with E-state index in [1.165, 1.54) is 25.7 Å². The van der Waals surface area contributed by atoms with Crippen LogP contribution in [0.3, 0.4) is 0 Å². The number of rotatable bonds is 6. The second kappa shape index (κ2) is 7.91. The molecule has 3 aliphatic rings. The molecule has 2 aliphatic carbocycles. The first kappa shape index (κ1) is 17.7. The molecule has 142 valence electrons. The highest BCUT2D eigenvalue weighted by molar-refractivity contribution is 5.76. The fourth-order valence-corrected chi connectivity index (χ4v) is 4.62. The lowest BCUT2D eigenvalue weighted by Gasteiger charge is -2.35. The van der Waals surface area contributed by atoms with Gasteiger partial charge in [0.25, 0.3) is 0 Å². The Morgan fingerprint density at radius 3 is 2.77 bits per heavy atom. The second-order valence-corrected chi connectivity index (χ2v) is 8.31. The summed E-state index contributed by atoms with van der Waals surface area (Å²) in [5, 5.41) is 12.9. The smallest absolute Gasteiger partial charge is 0.220 e. The van der Waals surface area contributed by atoms with Crippen molar-refractivity contribution in [2.45, 2.75) is 75.9 Å². The summed E-state index contributed by atoms with van der Waals surface area (Å²) < 4.78 is 0. The molecule has 2 N–H and O–H groups in total. The van der Waals surface area contributed by atoms with Crippen molar-refractivity contribution in [2.75, 3.05) is 18.0 Å². The van der Waals surface area contributed by atoms with Gasteiger partial charge in [-0.2, -0.15) is 0 Å². The number of aromatic nitrogens is 2. The van der Waals surface area contributed by atoms with Crippen molar-refractivity contribution in [3.05, 3.63) is 18.1 Å². The van der Waals surface area contributed by atoms with Gasteiger partial charge >= 0.3 is 0 Å². The van der Waals surface area contributed by atoms with E-state index in [0.29, 0.717) is 24.9 Å². The van der Waals surface area contributed by atoms with Gasteiger partial charge in [0.05, 0.1) is 6.10 Å². The molecular formula is C20H30N4O2. The summed E-state index contributed by atoms with van der Waals surface area (Å²) in [5.41, 5.74) is 1.06. The summed E-state index contributed by atoms with van der Waals surface area (Å²) in [6.07, 6.45) is 11.2. The number of β-amino-alcohol motifs (C(OH)–C–C–N with tert-alkyl or cyclic N) is 1. The van der Waals surface area contributed by atoms with Crippen molar-refractivity contribution in [3.63, 3.8) is 0 Å². The Morgan fingerprint density at radius 2 is 2.04 bits per heavy atom. The molecule has 1 unspecified atom stereocenters. The predicted octanol–water partition coefficient (Wildman–Crippen LogP) is 2.38. The first-order chi connectivity index (χ1) is 12.7. The van der Waals surface area contributed by atoms with Crippen LogP contribution in [-0.4, -0.2) is 46.2 Å². The second-order valence-electron chi connectivity index (χ2n) is 8.31. The van der Waals surface area contributed by atoms with Crippen molar-refractivity contribution in [1.82, 2.24) is 15.3 Å². The van der Waals surface area contributed by atoms with Crippen LogP contribution in [0.2, 0.25) is 0 Å². The summed E-state index contributed by atoms with van der Waals surface area (Å²) in [5.74, 6) is 2.31. The third-order valence-corrected chi connectivity index (χ3v) is 6.34. The molecule has 0 radical (unpaired) electrons. The van der Waals surface area contributed by atoms with Crippen molar-refractivity contribution >= 4 is 11.7 Å². The molecule has 0 bridgehead atoms. The van der Waals surface area contributed by atoms with Gasteiger partial charge in [0.15, 0.2) is 0 Å². The van der Waals surface area contributed by atoms with Crippen molar-refractivity contribution in [3.8, 4) is 0 Å². The lowest BCUT2D eigenvalue weighted by Crippen LogP contribution is -2.43. The molecule has 6 heteroatoms. The van der Waals surface area contributed by atoms with Crippen LogP contribution in [0.1, 0.15) is 69.4 Å². The molecule has 0 spiro atoms.